The standard InChI is InChI=1S/C22H21ClN2O4S2/c1-22(2)18(21(28)30-15-10-8-13(23)9-11-15)25-19(27)17(20(25)31-22)24-16(26)12-29-14-6-4-3-5-7-14/h3-11,17-18,20H,12H2,1-2H3,(H,24,26)/t17-,18+,20?/m1/s1. The lowest BCUT2D eigenvalue weighted by Crippen LogP contribution is -2.70. The number of para-hydroxylation sites is 1. The maximum absolute atomic E-state index is 13.1. The molecule has 0 bridgehead atoms. The summed E-state index contributed by atoms with van der Waals surface area (Å²) in [5.41, 5.74) is 0. The van der Waals surface area contributed by atoms with Crippen LogP contribution in [0, 0.1) is 0 Å². The number of hydrogen-bond acceptors (Lipinski definition) is 6. The number of nitrogens with one attached hydrogen (secondary N) is 1. The van der Waals surface area contributed by atoms with Gasteiger partial charge in [0.25, 0.3) is 5.91 Å². The predicted molar refractivity (Wildman–Crippen MR) is 122 cm³/mol. The minimum Gasteiger partial charge on any atom is -0.484 e. The SMILES string of the molecule is CC1(C)SC2[C@H](NC(=O)COc3ccccc3)C(=O)N2[C@H]1C(=O)Sc1ccc(Cl)cc1. The Hall–Kier alpha value is -2.16. The fraction of sp³-hybridized carbons (Fsp3) is 0.318. The van der Waals surface area contributed by atoms with Crippen LogP contribution in [0.5, 0.6) is 5.75 Å². The van der Waals surface area contributed by atoms with Crippen LogP contribution in [-0.4, -0.2) is 50.6 Å². The Morgan fingerprint density at radius 2 is 1.84 bits per heavy atom. The van der Waals surface area contributed by atoms with Gasteiger partial charge in [0.05, 0.1) is 0 Å². The zero-order chi connectivity index (χ0) is 22.2. The molecule has 0 radical (unpaired) electrons. The molecule has 3 atom stereocenters. The van der Waals surface area contributed by atoms with E-state index in [0.29, 0.717) is 10.8 Å². The summed E-state index contributed by atoms with van der Waals surface area (Å²) in [5.74, 6) is -0.0303. The highest BCUT2D eigenvalue weighted by atomic mass is 35.5. The first kappa shape index (κ1) is 22.0. The molecule has 1 N–H and O–H groups in total. The number of halogens is 1. The number of rotatable bonds is 6. The maximum Gasteiger partial charge on any atom is 0.258 e. The lowest BCUT2D eigenvalue weighted by atomic mass is 9.97. The van der Waals surface area contributed by atoms with E-state index >= 15 is 0 Å². The second kappa shape index (κ2) is 8.76. The van der Waals surface area contributed by atoms with Crippen molar-refractivity contribution in [3.05, 3.63) is 59.6 Å². The average molecular weight is 477 g/mol. The number of carbonyl (C=O) groups excluding carboxylic acids is 3. The number of carbonyl (C=O) groups is 3. The van der Waals surface area contributed by atoms with E-state index in [4.69, 9.17) is 16.3 Å². The summed E-state index contributed by atoms with van der Waals surface area (Å²) in [6.45, 7) is 3.72. The minimum absolute atomic E-state index is 0.104. The molecular weight excluding hydrogens is 456 g/mol. The van der Waals surface area contributed by atoms with Crippen LogP contribution in [0.3, 0.4) is 0 Å². The number of amides is 2. The van der Waals surface area contributed by atoms with E-state index in [-0.39, 0.29) is 28.9 Å². The lowest BCUT2D eigenvalue weighted by molar-refractivity contribution is -0.153. The van der Waals surface area contributed by atoms with E-state index in [0.717, 1.165) is 16.7 Å². The van der Waals surface area contributed by atoms with Crippen LogP contribution >= 0.6 is 35.1 Å². The fourth-order valence-electron chi connectivity index (χ4n) is 3.68. The summed E-state index contributed by atoms with van der Waals surface area (Å²) in [7, 11) is 0. The third kappa shape index (κ3) is 4.56. The summed E-state index contributed by atoms with van der Waals surface area (Å²) < 4.78 is 4.97. The monoisotopic (exact) mass is 476 g/mol. The Balaban J connectivity index is 1.38. The topological polar surface area (TPSA) is 75.7 Å². The van der Waals surface area contributed by atoms with Crippen LogP contribution in [0.4, 0.5) is 0 Å². The number of benzene rings is 2. The van der Waals surface area contributed by atoms with Crippen LogP contribution in [0.15, 0.2) is 59.5 Å². The molecule has 2 saturated heterocycles. The van der Waals surface area contributed by atoms with Crippen LogP contribution in [0.2, 0.25) is 5.02 Å². The number of hydrogen-bond donors (Lipinski definition) is 1. The summed E-state index contributed by atoms with van der Waals surface area (Å²) in [5, 5.41) is 2.97. The lowest BCUT2D eigenvalue weighted by Gasteiger charge is -2.44. The van der Waals surface area contributed by atoms with E-state index < -0.39 is 16.8 Å². The Labute approximate surface area is 194 Å². The molecule has 0 saturated carbocycles. The second-order valence-electron chi connectivity index (χ2n) is 7.78. The number of ether oxygens (including phenoxy) is 1. The second-order valence-corrected chi connectivity index (χ2v) is 11.1. The van der Waals surface area contributed by atoms with Gasteiger partial charge in [0.2, 0.25) is 11.0 Å². The molecule has 2 amide bonds. The molecule has 4 rings (SSSR count). The van der Waals surface area contributed by atoms with Gasteiger partial charge >= 0.3 is 0 Å². The van der Waals surface area contributed by atoms with Gasteiger partial charge in [-0.2, -0.15) is 0 Å². The molecule has 0 spiro atoms. The summed E-state index contributed by atoms with van der Waals surface area (Å²) >= 11 is 8.54. The molecule has 2 aromatic rings. The molecule has 9 heteroatoms. The first-order valence-corrected chi connectivity index (χ1v) is 11.8. The zero-order valence-corrected chi connectivity index (χ0v) is 19.3. The largest absolute Gasteiger partial charge is 0.484 e. The molecule has 2 aliphatic rings. The van der Waals surface area contributed by atoms with Crippen molar-refractivity contribution in [2.75, 3.05) is 6.61 Å². The average Bonchev–Trinajstić information content (AvgIpc) is 3.01. The Bertz CT molecular complexity index is 1000. The summed E-state index contributed by atoms with van der Waals surface area (Å²) in [4.78, 5) is 40.6. The van der Waals surface area contributed by atoms with Gasteiger partial charge in [-0.25, -0.2) is 0 Å². The van der Waals surface area contributed by atoms with Gasteiger partial charge in [-0.05, 0) is 62.0 Å². The van der Waals surface area contributed by atoms with Crippen molar-refractivity contribution >= 4 is 52.1 Å². The first-order chi connectivity index (χ1) is 14.8. The molecule has 2 heterocycles. The highest BCUT2D eigenvalue weighted by Gasteiger charge is 2.63. The van der Waals surface area contributed by atoms with Gasteiger partial charge in [0.15, 0.2) is 6.61 Å². The van der Waals surface area contributed by atoms with Crippen LogP contribution < -0.4 is 10.1 Å². The number of nitrogens with zero attached hydrogens (tertiary/aromatic N) is 1. The molecule has 2 aliphatic heterocycles. The molecule has 2 aromatic carbocycles. The van der Waals surface area contributed by atoms with E-state index in [1.165, 1.54) is 11.8 Å². The van der Waals surface area contributed by atoms with Crippen LogP contribution in [-0.2, 0) is 14.4 Å². The smallest absolute Gasteiger partial charge is 0.258 e. The molecule has 31 heavy (non-hydrogen) atoms. The van der Waals surface area contributed by atoms with Crippen LogP contribution in [0.25, 0.3) is 0 Å². The Morgan fingerprint density at radius 1 is 1.16 bits per heavy atom. The number of thioether (sulfide) groups is 2. The summed E-state index contributed by atoms with van der Waals surface area (Å²) in [6.07, 6.45) is 0. The van der Waals surface area contributed by atoms with Crippen molar-refractivity contribution in [1.29, 1.82) is 0 Å². The predicted octanol–water partition coefficient (Wildman–Crippen LogP) is 3.58. The van der Waals surface area contributed by atoms with Gasteiger partial charge in [0, 0.05) is 14.7 Å². The normalized spacial score (nSPS) is 23.6. The maximum atomic E-state index is 13.1. The van der Waals surface area contributed by atoms with Gasteiger partial charge in [-0.3, -0.25) is 14.4 Å². The molecule has 6 nitrogen and oxygen atoms in total. The van der Waals surface area contributed by atoms with E-state index in [2.05, 4.69) is 5.32 Å². The minimum atomic E-state index is -0.658. The van der Waals surface area contributed by atoms with Crippen molar-refractivity contribution in [3.63, 3.8) is 0 Å². The first-order valence-electron chi connectivity index (χ1n) is 9.71. The van der Waals surface area contributed by atoms with Crippen molar-refractivity contribution in [2.24, 2.45) is 0 Å². The third-order valence-electron chi connectivity index (χ3n) is 5.13. The van der Waals surface area contributed by atoms with Crippen molar-refractivity contribution in [2.45, 2.75) is 40.9 Å². The van der Waals surface area contributed by atoms with Gasteiger partial charge < -0.3 is 15.0 Å². The van der Waals surface area contributed by atoms with Crippen molar-refractivity contribution in [1.82, 2.24) is 10.2 Å². The quantitative estimate of drug-likeness (QED) is 0.507. The highest BCUT2D eigenvalue weighted by Crippen LogP contribution is 2.52. The van der Waals surface area contributed by atoms with Gasteiger partial charge in [-0.1, -0.05) is 29.8 Å². The van der Waals surface area contributed by atoms with Crippen molar-refractivity contribution in [3.8, 4) is 5.75 Å². The van der Waals surface area contributed by atoms with Gasteiger partial charge in [-0.15, -0.1) is 11.8 Å². The number of β-lactam (4-membered cyclic amide) rings is 1. The van der Waals surface area contributed by atoms with E-state index in [9.17, 15) is 14.4 Å². The fourth-order valence-corrected chi connectivity index (χ4v) is 6.54. The molecule has 1 unspecified atom stereocenters. The Morgan fingerprint density at radius 3 is 2.52 bits per heavy atom. The van der Waals surface area contributed by atoms with E-state index in [1.54, 1.807) is 41.3 Å². The number of fused-ring (bicyclic) bond motifs is 1. The van der Waals surface area contributed by atoms with E-state index in [1.807, 2.05) is 32.0 Å². The summed E-state index contributed by atoms with van der Waals surface area (Å²) in [6, 6.07) is 14.8. The highest BCUT2D eigenvalue weighted by molar-refractivity contribution is 8.14. The zero-order valence-electron chi connectivity index (χ0n) is 16.9. The molecule has 2 fully saturated rings. The van der Waals surface area contributed by atoms with Crippen molar-refractivity contribution < 1.29 is 19.1 Å². The third-order valence-corrected chi connectivity index (χ3v) is 7.88. The molecule has 0 aliphatic carbocycles. The Kier molecular flexibility index (Phi) is 6.23. The molecule has 162 valence electrons. The van der Waals surface area contributed by atoms with Gasteiger partial charge in [0.1, 0.15) is 23.2 Å². The molecular formula is C22H21ClN2O4S2. The van der Waals surface area contributed by atoms with Crippen LogP contribution in [0.1, 0.15) is 13.8 Å². The molecule has 0 aromatic heterocycles.